The number of benzene rings is 2. The van der Waals surface area contributed by atoms with Gasteiger partial charge < -0.3 is 9.47 Å². The molecule has 0 radical (unpaired) electrons. The summed E-state index contributed by atoms with van der Waals surface area (Å²) in [4.78, 5) is 24.5. The van der Waals surface area contributed by atoms with Crippen LogP contribution < -0.4 is 0 Å². The van der Waals surface area contributed by atoms with Crippen molar-refractivity contribution in [1.29, 1.82) is 0 Å². The van der Waals surface area contributed by atoms with Gasteiger partial charge in [-0.15, -0.1) is 0 Å². The van der Waals surface area contributed by atoms with Crippen molar-refractivity contribution in [3.8, 4) is 0 Å². The van der Waals surface area contributed by atoms with Crippen molar-refractivity contribution in [2.75, 3.05) is 14.2 Å². The summed E-state index contributed by atoms with van der Waals surface area (Å²) in [5.74, 6) is -2.19. The molecule has 0 spiro atoms. The van der Waals surface area contributed by atoms with Crippen molar-refractivity contribution in [3.05, 3.63) is 71.8 Å². The van der Waals surface area contributed by atoms with Gasteiger partial charge >= 0.3 is 11.9 Å². The second kappa shape index (κ2) is 9.62. The maximum absolute atomic E-state index is 12.2. The smallest absolute Gasteiger partial charge is 0.320 e. The molecule has 2 aromatic carbocycles. The Morgan fingerprint density at radius 3 is 1.76 bits per heavy atom. The molecule has 132 valence electrons. The molecule has 0 saturated carbocycles. The molecular formula is C21H24O4. The van der Waals surface area contributed by atoms with Gasteiger partial charge in [-0.2, -0.15) is 0 Å². The molecule has 25 heavy (non-hydrogen) atoms. The van der Waals surface area contributed by atoms with Crippen molar-refractivity contribution in [2.45, 2.75) is 19.3 Å². The monoisotopic (exact) mass is 340 g/mol. The van der Waals surface area contributed by atoms with Gasteiger partial charge in [-0.1, -0.05) is 60.7 Å². The Balaban J connectivity index is 2.22. The van der Waals surface area contributed by atoms with Gasteiger partial charge in [-0.3, -0.25) is 9.59 Å². The molecule has 0 fully saturated rings. The minimum absolute atomic E-state index is 0.192. The van der Waals surface area contributed by atoms with Crippen LogP contribution in [-0.2, 0) is 31.9 Å². The quantitative estimate of drug-likeness (QED) is 0.546. The zero-order valence-corrected chi connectivity index (χ0v) is 14.7. The lowest BCUT2D eigenvalue weighted by molar-refractivity contribution is -0.161. The summed E-state index contributed by atoms with van der Waals surface area (Å²) < 4.78 is 9.73. The molecule has 2 rings (SSSR count). The molecule has 0 aliphatic heterocycles. The first-order valence-corrected chi connectivity index (χ1v) is 8.39. The average Bonchev–Trinajstić information content (AvgIpc) is 2.67. The third kappa shape index (κ3) is 5.45. The van der Waals surface area contributed by atoms with E-state index in [4.69, 9.17) is 9.47 Å². The predicted molar refractivity (Wildman–Crippen MR) is 95.9 cm³/mol. The third-order valence-electron chi connectivity index (χ3n) is 4.37. The highest BCUT2D eigenvalue weighted by atomic mass is 16.5. The summed E-state index contributed by atoms with van der Waals surface area (Å²) in [6, 6.07) is 19.9. The second-order valence-electron chi connectivity index (χ2n) is 6.00. The van der Waals surface area contributed by atoms with E-state index in [0.717, 1.165) is 12.0 Å². The van der Waals surface area contributed by atoms with Crippen LogP contribution in [0.25, 0.3) is 0 Å². The zero-order valence-electron chi connectivity index (χ0n) is 14.7. The van der Waals surface area contributed by atoms with Crippen molar-refractivity contribution in [2.24, 2.45) is 11.8 Å². The molecule has 0 N–H and O–H groups in total. The van der Waals surface area contributed by atoms with E-state index in [1.54, 1.807) is 0 Å². The van der Waals surface area contributed by atoms with Crippen LogP contribution in [0.3, 0.4) is 0 Å². The topological polar surface area (TPSA) is 52.6 Å². The molecular weight excluding hydrogens is 316 g/mol. The average molecular weight is 340 g/mol. The standard InChI is InChI=1S/C21H24O4/c1-24-20(22)19(21(23)25-2)18(15-17-11-7-4-8-12-17)14-13-16-9-5-3-6-10-16/h3-12,18-19H,13-15H2,1-2H3/t18-/m1/s1. The lowest BCUT2D eigenvalue weighted by Crippen LogP contribution is -2.35. The van der Waals surface area contributed by atoms with Gasteiger partial charge in [0.05, 0.1) is 14.2 Å². The number of aryl methyl sites for hydroxylation is 1. The number of carbonyl (C=O) groups excluding carboxylic acids is 2. The third-order valence-corrected chi connectivity index (χ3v) is 4.37. The number of carbonyl (C=O) groups is 2. The van der Waals surface area contributed by atoms with Crippen LogP contribution >= 0.6 is 0 Å². The fourth-order valence-electron chi connectivity index (χ4n) is 3.04. The zero-order chi connectivity index (χ0) is 18.1. The molecule has 1 atom stereocenters. The Bertz CT molecular complexity index is 651. The van der Waals surface area contributed by atoms with Gasteiger partial charge in [0.15, 0.2) is 5.92 Å². The van der Waals surface area contributed by atoms with Gasteiger partial charge in [0, 0.05) is 0 Å². The highest BCUT2D eigenvalue weighted by molar-refractivity contribution is 5.95. The summed E-state index contributed by atoms with van der Waals surface area (Å²) in [5, 5.41) is 0. The van der Waals surface area contributed by atoms with E-state index >= 15 is 0 Å². The number of rotatable bonds is 8. The van der Waals surface area contributed by atoms with E-state index in [1.807, 2.05) is 60.7 Å². The summed E-state index contributed by atoms with van der Waals surface area (Å²) in [7, 11) is 2.60. The normalized spacial score (nSPS) is 11.8. The van der Waals surface area contributed by atoms with Crippen molar-refractivity contribution >= 4 is 11.9 Å². The number of ether oxygens (including phenoxy) is 2. The molecule has 2 aromatic rings. The van der Waals surface area contributed by atoms with E-state index in [0.29, 0.717) is 12.8 Å². The summed E-state index contributed by atoms with van der Waals surface area (Å²) in [6.45, 7) is 0. The predicted octanol–water partition coefficient (Wildman–Crippen LogP) is 3.44. The van der Waals surface area contributed by atoms with Crippen molar-refractivity contribution < 1.29 is 19.1 Å². The largest absolute Gasteiger partial charge is 0.468 e. The van der Waals surface area contributed by atoms with Crippen LogP contribution in [0, 0.1) is 11.8 Å². The van der Waals surface area contributed by atoms with Crippen LogP contribution in [0.4, 0.5) is 0 Å². The minimum Gasteiger partial charge on any atom is -0.468 e. The lowest BCUT2D eigenvalue weighted by Gasteiger charge is -2.23. The van der Waals surface area contributed by atoms with Crippen LogP contribution in [-0.4, -0.2) is 26.2 Å². The van der Waals surface area contributed by atoms with Crippen LogP contribution in [0.5, 0.6) is 0 Å². The molecule has 0 bridgehead atoms. The summed E-state index contributed by atoms with van der Waals surface area (Å²) in [6.07, 6.45) is 2.08. The van der Waals surface area contributed by atoms with Crippen LogP contribution in [0.15, 0.2) is 60.7 Å². The first-order chi connectivity index (χ1) is 12.2. The Hall–Kier alpha value is -2.62. The molecule has 0 aromatic heterocycles. The van der Waals surface area contributed by atoms with Gasteiger partial charge in [-0.25, -0.2) is 0 Å². The number of methoxy groups -OCH3 is 2. The highest BCUT2D eigenvalue weighted by Gasteiger charge is 2.36. The number of hydrogen-bond donors (Lipinski definition) is 0. The van der Waals surface area contributed by atoms with Gasteiger partial charge in [-0.05, 0) is 36.3 Å². The highest BCUT2D eigenvalue weighted by Crippen LogP contribution is 2.26. The van der Waals surface area contributed by atoms with Gasteiger partial charge in [0.1, 0.15) is 0 Å². The Morgan fingerprint density at radius 1 is 0.800 bits per heavy atom. The summed E-state index contributed by atoms with van der Waals surface area (Å²) >= 11 is 0. The Labute approximate surface area is 148 Å². The second-order valence-corrected chi connectivity index (χ2v) is 6.00. The molecule has 0 aliphatic rings. The minimum atomic E-state index is -0.918. The lowest BCUT2D eigenvalue weighted by atomic mass is 9.82. The SMILES string of the molecule is COC(=O)C(C(=O)OC)[C@H](CCc1ccccc1)Cc1ccccc1. The van der Waals surface area contributed by atoms with E-state index in [9.17, 15) is 9.59 Å². The molecule has 0 heterocycles. The van der Waals surface area contributed by atoms with Crippen molar-refractivity contribution in [1.82, 2.24) is 0 Å². The van der Waals surface area contributed by atoms with E-state index in [2.05, 4.69) is 0 Å². The molecule has 0 amide bonds. The van der Waals surface area contributed by atoms with Crippen LogP contribution in [0.1, 0.15) is 17.5 Å². The van der Waals surface area contributed by atoms with E-state index in [-0.39, 0.29) is 5.92 Å². The fraction of sp³-hybridized carbons (Fsp3) is 0.333. The van der Waals surface area contributed by atoms with Gasteiger partial charge in [0.2, 0.25) is 0 Å². The maximum atomic E-state index is 12.2. The molecule has 0 unspecified atom stereocenters. The Kier molecular flexibility index (Phi) is 7.20. The van der Waals surface area contributed by atoms with Crippen molar-refractivity contribution in [3.63, 3.8) is 0 Å². The molecule has 4 nitrogen and oxygen atoms in total. The summed E-state index contributed by atoms with van der Waals surface area (Å²) in [5.41, 5.74) is 2.26. The number of hydrogen-bond acceptors (Lipinski definition) is 4. The number of esters is 2. The molecule has 0 aliphatic carbocycles. The molecule has 0 saturated heterocycles. The first-order valence-electron chi connectivity index (χ1n) is 8.39. The van der Waals surface area contributed by atoms with Crippen LogP contribution in [0.2, 0.25) is 0 Å². The molecule has 4 heteroatoms. The van der Waals surface area contributed by atoms with E-state index < -0.39 is 17.9 Å². The Morgan fingerprint density at radius 2 is 1.28 bits per heavy atom. The van der Waals surface area contributed by atoms with E-state index in [1.165, 1.54) is 19.8 Å². The first kappa shape index (κ1) is 18.7. The van der Waals surface area contributed by atoms with Gasteiger partial charge in [0.25, 0.3) is 0 Å². The fourth-order valence-corrected chi connectivity index (χ4v) is 3.04. The maximum Gasteiger partial charge on any atom is 0.320 e.